The van der Waals surface area contributed by atoms with E-state index in [1.165, 1.54) is 11.3 Å². The van der Waals surface area contributed by atoms with E-state index in [9.17, 15) is 19.5 Å². The summed E-state index contributed by atoms with van der Waals surface area (Å²) in [4.78, 5) is 50.6. The molecular weight excluding hydrogens is 580 g/mol. The average molecular weight is 619 g/mol. The Morgan fingerprint density at radius 1 is 1.18 bits per heavy atom. The smallest absolute Gasteiger partial charge is 0.330 e. The molecule has 2 fully saturated rings. The van der Waals surface area contributed by atoms with Crippen LogP contribution in [0.4, 0.5) is 0 Å². The summed E-state index contributed by atoms with van der Waals surface area (Å²) in [7, 11) is 1.60. The number of fused-ring (bicyclic) bond motifs is 3. The van der Waals surface area contributed by atoms with Gasteiger partial charge in [0.25, 0.3) is 0 Å². The number of hydrogen-bond acceptors (Lipinski definition) is 8. The normalized spacial score (nSPS) is 25.7. The fourth-order valence-corrected chi connectivity index (χ4v) is 7.09. The first-order valence-corrected chi connectivity index (χ1v) is 16.2. The molecule has 0 unspecified atom stereocenters. The first-order chi connectivity index (χ1) is 21.2. The number of aliphatic carboxylic acids is 1. The highest BCUT2D eigenvalue weighted by molar-refractivity contribution is 7.13. The van der Waals surface area contributed by atoms with Crippen molar-refractivity contribution in [3.63, 3.8) is 0 Å². The fourth-order valence-electron chi connectivity index (χ4n) is 6.15. The van der Waals surface area contributed by atoms with E-state index in [1.807, 2.05) is 41.8 Å². The number of nitrogens with one attached hydrogen (secondary N) is 1. The first-order valence-electron chi connectivity index (χ1n) is 15.3. The van der Waals surface area contributed by atoms with Crippen LogP contribution in [0.15, 0.2) is 41.8 Å². The number of ether oxygens (including phenoxy) is 2. The van der Waals surface area contributed by atoms with Crippen molar-refractivity contribution in [1.82, 2.24) is 20.2 Å². The molecule has 3 aliphatic rings. The molecule has 4 atom stereocenters. The molecule has 0 bridgehead atoms. The van der Waals surface area contributed by atoms with Crippen molar-refractivity contribution in [2.75, 3.05) is 13.7 Å². The predicted octanol–water partition coefficient (Wildman–Crippen LogP) is 5.32. The molecule has 2 aromatic heterocycles. The monoisotopic (exact) mass is 618 g/mol. The molecule has 1 saturated carbocycles. The number of carboxylic acid groups (broad SMARTS) is 1. The highest BCUT2D eigenvalue weighted by Crippen LogP contribution is 2.45. The maximum Gasteiger partial charge on any atom is 0.330 e. The number of carbonyl (C=O) groups is 3. The summed E-state index contributed by atoms with van der Waals surface area (Å²) in [6.45, 7) is 4.42. The van der Waals surface area contributed by atoms with Gasteiger partial charge in [-0.25, -0.2) is 14.8 Å². The van der Waals surface area contributed by atoms with Crippen molar-refractivity contribution in [2.24, 2.45) is 5.92 Å². The molecule has 1 saturated heterocycles. The summed E-state index contributed by atoms with van der Waals surface area (Å²) in [6, 6.07) is 6.63. The van der Waals surface area contributed by atoms with Crippen LogP contribution >= 0.6 is 11.3 Å². The molecule has 2 aliphatic heterocycles. The second kappa shape index (κ2) is 12.2. The lowest BCUT2D eigenvalue weighted by molar-refractivity contribution is -0.145. The van der Waals surface area contributed by atoms with Crippen LogP contribution in [0.2, 0.25) is 0 Å². The van der Waals surface area contributed by atoms with Crippen LogP contribution in [0.25, 0.3) is 21.6 Å². The summed E-state index contributed by atoms with van der Waals surface area (Å²) in [5.74, 6) is -0.359. The van der Waals surface area contributed by atoms with Crippen LogP contribution < -0.4 is 14.8 Å². The van der Waals surface area contributed by atoms with Gasteiger partial charge in [0.15, 0.2) is 0 Å². The lowest BCUT2D eigenvalue weighted by Crippen LogP contribution is -2.53. The Kier molecular flexibility index (Phi) is 8.32. The second-order valence-electron chi connectivity index (χ2n) is 12.3. The van der Waals surface area contributed by atoms with E-state index in [2.05, 4.69) is 19.2 Å². The van der Waals surface area contributed by atoms with Gasteiger partial charge in [0.2, 0.25) is 11.8 Å². The van der Waals surface area contributed by atoms with E-state index >= 15 is 0 Å². The molecule has 4 heterocycles. The molecule has 1 aromatic carbocycles. The molecular formula is C33H38N4O6S. The number of hydrogen-bond donors (Lipinski definition) is 2. The van der Waals surface area contributed by atoms with E-state index in [0.29, 0.717) is 35.6 Å². The van der Waals surface area contributed by atoms with Crippen molar-refractivity contribution in [2.45, 2.75) is 82.4 Å². The maximum absolute atomic E-state index is 13.7. The molecule has 11 heteroatoms. The quantitative estimate of drug-likeness (QED) is 0.355. The van der Waals surface area contributed by atoms with Gasteiger partial charge in [0, 0.05) is 41.7 Å². The van der Waals surface area contributed by atoms with Crippen molar-refractivity contribution in [1.29, 1.82) is 0 Å². The standard InChI is InChI=1S/C33H38N4O6S/c1-19(2)26-18-44-31(35-26)25-15-28(23-12-11-21(42-3)13-24(23)34-25)43-22-14-27-30(39)36-33(32(40)41)16-20(33)9-7-5-4-6-8-10-29(38)37(27)17-22/h7,9,11-13,15,18-20,22,27H,4-6,8,10,14,16-17H2,1-3H3,(H,36,39)(H,40,41)/t20-,22-,27+,33-/m1/s1. The van der Waals surface area contributed by atoms with E-state index in [4.69, 9.17) is 19.4 Å². The number of aromatic nitrogens is 2. The van der Waals surface area contributed by atoms with Gasteiger partial charge in [-0.2, -0.15) is 0 Å². The third kappa shape index (κ3) is 5.89. The van der Waals surface area contributed by atoms with Crippen LogP contribution in [0.3, 0.4) is 0 Å². The third-order valence-electron chi connectivity index (χ3n) is 8.86. The molecule has 44 heavy (non-hydrogen) atoms. The second-order valence-corrected chi connectivity index (χ2v) is 13.1. The van der Waals surface area contributed by atoms with Gasteiger partial charge < -0.3 is 24.8 Å². The number of pyridine rings is 1. The Morgan fingerprint density at radius 2 is 2.02 bits per heavy atom. The molecule has 232 valence electrons. The SMILES string of the molecule is COc1ccc2c(O[C@@H]3C[C@H]4C(=O)N[C@]5(C(=O)O)C[C@H]5C=CCCCCCC(=O)N4C3)cc(-c3nc(C(C)C)cs3)nc2c1. The maximum atomic E-state index is 13.7. The number of methoxy groups -OCH3 is 1. The van der Waals surface area contributed by atoms with Gasteiger partial charge >= 0.3 is 5.97 Å². The van der Waals surface area contributed by atoms with Crippen molar-refractivity contribution >= 4 is 40.0 Å². The van der Waals surface area contributed by atoms with Gasteiger partial charge in [0.05, 0.1) is 24.9 Å². The van der Waals surface area contributed by atoms with Crippen molar-refractivity contribution in [3.8, 4) is 22.2 Å². The Morgan fingerprint density at radius 3 is 2.77 bits per heavy atom. The Bertz CT molecular complexity index is 1620. The van der Waals surface area contributed by atoms with Gasteiger partial charge in [0.1, 0.15) is 39.9 Å². The lowest BCUT2D eigenvalue weighted by Gasteiger charge is -2.25. The topological polar surface area (TPSA) is 131 Å². The number of nitrogens with zero attached hydrogens (tertiary/aromatic N) is 3. The minimum atomic E-state index is -1.33. The molecule has 2 N–H and O–H groups in total. The Balaban J connectivity index is 1.31. The van der Waals surface area contributed by atoms with Crippen molar-refractivity contribution < 1.29 is 29.0 Å². The van der Waals surface area contributed by atoms with Gasteiger partial charge in [-0.05, 0) is 43.7 Å². The van der Waals surface area contributed by atoms with Crippen LogP contribution in [-0.2, 0) is 14.4 Å². The number of amides is 2. The van der Waals surface area contributed by atoms with E-state index in [1.54, 1.807) is 12.0 Å². The molecule has 6 rings (SSSR count). The summed E-state index contributed by atoms with van der Waals surface area (Å²) in [5.41, 5.74) is 1.00. The van der Waals surface area contributed by atoms with Crippen molar-refractivity contribution in [3.05, 3.63) is 47.5 Å². The molecule has 3 aromatic rings. The van der Waals surface area contributed by atoms with E-state index in [0.717, 1.165) is 41.8 Å². The zero-order chi connectivity index (χ0) is 31.0. The summed E-state index contributed by atoms with van der Waals surface area (Å²) in [6.07, 6.45) is 7.73. The fraction of sp³-hybridized carbons (Fsp3) is 0.485. The number of carbonyl (C=O) groups excluding carboxylic acids is 2. The molecule has 0 spiro atoms. The number of carboxylic acids is 1. The zero-order valence-electron chi connectivity index (χ0n) is 25.2. The third-order valence-corrected chi connectivity index (χ3v) is 9.75. The van der Waals surface area contributed by atoms with E-state index < -0.39 is 29.6 Å². The molecule has 0 radical (unpaired) electrons. The number of benzene rings is 1. The van der Waals surface area contributed by atoms with E-state index in [-0.39, 0.29) is 30.7 Å². The average Bonchev–Trinajstić information content (AvgIpc) is 3.32. The lowest BCUT2D eigenvalue weighted by atomic mass is 10.1. The summed E-state index contributed by atoms with van der Waals surface area (Å²) >= 11 is 1.52. The first kappa shape index (κ1) is 30.1. The molecule has 2 amide bonds. The van der Waals surface area contributed by atoms with Crippen LogP contribution in [0, 0.1) is 5.92 Å². The van der Waals surface area contributed by atoms with Crippen LogP contribution in [0.5, 0.6) is 11.5 Å². The van der Waals surface area contributed by atoms with Gasteiger partial charge in [-0.15, -0.1) is 11.3 Å². The minimum Gasteiger partial charge on any atom is -0.497 e. The summed E-state index contributed by atoms with van der Waals surface area (Å²) < 4.78 is 12.1. The number of thiazole rings is 1. The number of allylic oxidation sites excluding steroid dienone is 1. The Hall–Kier alpha value is -3.99. The van der Waals surface area contributed by atoms with Crippen LogP contribution in [-0.4, -0.2) is 69.1 Å². The number of rotatable bonds is 6. The van der Waals surface area contributed by atoms with Gasteiger partial charge in [-0.3, -0.25) is 9.59 Å². The largest absolute Gasteiger partial charge is 0.497 e. The van der Waals surface area contributed by atoms with Gasteiger partial charge in [-0.1, -0.05) is 32.4 Å². The molecule has 1 aliphatic carbocycles. The Labute approximate surface area is 260 Å². The minimum absolute atomic E-state index is 0.116. The zero-order valence-corrected chi connectivity index (χ0v) is 26.1. The summed E-state index contributed by atoms with van der Waals surface area (Å²) in [5, 5.41) is 16.4. The molecule has 10 nitrogen and oxygen atoms in total. The predicted molar refractivity (Wildman–Crippen MR) is 167 cm³/mol. The highest BCUT2D eigenvalue weighted by Gasteiger charge is 2.61. The van der Waals surface area contributed by atoms with Crippen LogP contribution in [0.1, 0.15) is 70.4 Å². The highest BCUT2D eigenvalue weighted by atomic mass is 32.1.